The third-order valence-electron chi connectivity index (χ3n) is 3.86. The summed E-state index contributed by atoms with van der Waals surface area (Å²) in [4.78, 5) is 26.0. The predicted octanol–water partition coefficient (Wildman–Crippen LogP) is 1.97. The molecule has 0 spiro atoms. The topological polar surface area (TPSA) is 89.9 Å². The molecule has 25 heavy (non-hydrogen) atoms. The highest BCUT2D eigenvalue weighted by Crippen LogP contribution is 2.19. The molecule has 0 radical (unpaired) electrons. The number of H-pyrrole nitrogens is 1. The van der Waals surface area contributed by atoms with Crippen molar-refractivity contribution in [3.05, 3.63) is 46.8 Å². The number of nitrogens with zero attached hydrogens (tertiary/aromatic N) is 3. The molecule has 3 aromatic rings. The molecule has 0 saturated heterocycles. The van der Waals surface area contributed by atoms with Crippen molar-refractivity contribution in [3.63, 3.8) is 0 Å². The highest BCUT2D eigenvalue weighted by Gasteiger charge is 2.21. The maximum absolute atomic E-state index is 11.9. The minimum Gasteiger partial charge on any atom is -0.465 e. The molecule has 0 atom stereocenters. The Labute approximate surface area is 144 Å². The molecule has 1 N–H and O–H groups in total. The van der Waals surface area contributed by atoms with Crippen molar-refractivity contribution in [2.45, 2.75) is 19.9 Å². The first kappa shape index (κ1) is 16.5. The average Bonchev–Trinajstić information content (AvgIpc) is 3.22. The lowest BCUT2D eigenvalue weighted by molar-refractivity contribution is 0.0597. The van der Waals surface area contributed by atoms with Crippen molar-refractivity contribution in [1.82, 2.24) is 20.0 Å². The fourth-order valence-corrected chi connectivity index (χ4v) is 2.68. The van der Waals surface area contributed by atoms with Crippen LogP contribution in [0.15, 0.2) is 24.3 Å². The zero-order valence-corrected chi connectivity index (χ0v) is 13.9. The summed E-state index contributed by atoms with van der Waals surface area (Å²) in [6.07, 6.45) is 1.15. The molecular weight excluding hydrogens is 320 g/mol. The van der Waals surface area contributed by atoms with E-state index in [9.17, 15) is 9.59 Å². The summed E-state index contributed by atoms with van der Waals surface area (Å²) in [5, 5.41) is 8.15. The Bertz CT molecular complexity index is 1000. The molecule has 0 aliphatic heterocycles. The molecule has 7 nitrogen and oxygen atoms in total. The lowest BCUT2D eigenvalue weighted by Gasteiger charge is -2.00. The minimum atomic E-state index is -0.550. The van der Waals surface area contributed by atoms with Crippen LogP contribution in [-0.4, -0.2) is 39.3 Å². The Hall–Kier alpha value is -3.40. The van der Waals surface area contributed by atoms with Gasteiger partial charge in [0.2, 0.25) is 0 Å². The molecule has 0 aliphatic rings. The van der Waals surface area contributed by atoms with E-state index in [2.05, 4.69) is 27.1 Å². The lowest BCUT2D eigenvalue weighted by Crippen LogP contribution is -2.06. The van der Waals surface area contributed by atoms with Gasteiger partial charge in [-0.25, -0.2) is 9.48 Å². The SMILES string of the molecule is CCc1c(C#CCn2nnc3ccccc32)[nH]c(C=O)c1C(=O)OC. The van der Waals surface area contributed by atoms with Crippen LogP contribution in [-0.2, 0) is 17.7 Å². The monoisotopic (exact) mass is 336 g/mol. The quantitative estimate of drug-likeness (QED) is 0.447. The first-order chi connectivity index (χ1) is 12.2. The lowest BCUT2D eigenvalue weighted by atomic mass is 10.1. The van der Waals surface area contributed by atoms with Gasteiger partial charge in [-0.1, -0.05) is 30.2 Å². The largest absolute Gasteiger partial charge is 0.465 e. The van der Waals surface area contributed by atoms with Gasteiger partial charge in [-0.2, -0.15) is 0 Å². The second-order valence-electron chi connectivity index (χ2n) is 5.27. The Morgan fingerprint density at radius 2 is 2.20 bits per heavy atom. The number of ether oxygens (including phenoxy) is 1. The number of rotatable bonds is 4. The summed E-state index contributed by atoms with van der Waals surface area (Å²) >= 11 is 0. The summed E-state index contributed by atoms with van der Waals surface area (Å²) < 4.78 is 6.45. The van der Waals surface area contributed by atoms with Crippen LogP contribution in [0.2, 0.25) is 0 Å². The molecule has 7 heteroatoms. The summed E-state index contributed by atoms with van der Waals surface area (Å²) in [6, 6.07) is 7.61. The number of hydrogen-bond acceptors (Lipinski definition) is 5. The number of hydrogen-bond donors (Lipinski definition) is 1. The second-order valence-corrected chi connectivity index (χ2v) is 5.27. The zero-order valence-electron chi connectivity index (χ0n) is 13.9. The van der Waals surface area contributed by atoms with Crippen LogP contribution in [0.1, 0.15) is 39.0 Å². The number of carbonyl (C=O) groups is 2. The number of esters is 1. The Balaban J connectivity index is 1.94. The van der Waals surface area contributed by atoms with Crippen molar-refractivity contribution in [2.24, 2.45) is 0 Å². The number of fused-ring (bicyclic) bond motifs is 1. The smallest absolute Gasteiger partial charge is 0.340 e. The van der Waals surface area contributed by atoms with Crippen molar-refractivity contribution in [2.75, 3.05) is 7.11 Å². The van der Waals surface area contributed by atoms with Crippen LogP contribution < -0.4 is 0 Å². The van der Waals surface area contributed by atoms with Gasteiger partial charge in [0.25, 0.3) is 0 Å². The van der Waals surface area contributed by atoms with E-state index in [4.69, 9.17) is 4.74 Å². The van der Waals surface area contributed by atoms with E-state index in [1.54, 1.807) is 4.68 Å². The van der Waals surface area contributed by atoms with Gasteiger partial charge in [0.05, 0.1) is 29.6 Å². The molecule has 3 rings (SSSR count). The maximum atomic E-state index is 11.9. The summed E-state index contributed by atoms with van der Waals surface area (Å²) in [6.45, 7) is 2.23. The normalized spacial score (nSPS) is 10.3. The number of carbonyl (C=O) groups excluding carboxylic acids is 2. The molecule has 126 valence electrons. The van der Waals surface area contributed by atoms with Gasteiger partial charge < -0.3 is 9.72 Å². The molecular formula is C18H16N4O3. The number of methoxy groups -OCH3 is 1. The van der Waals surface area contributed by atoms with Gasteiger partial charge in [0.15, 0.2) is 6.29 Å². The number of aldehydes is 1. The summed E-state index contributed by atoms with van der Waals surface area (Å²) in [7, 11) is 1.28. The molecule has 0 unspecified atom stereocenters. The van der Waals surface area contributed by atoms with E-state index in [0.717, 1.165) is 11.0 Å². The molecule has 0 aliphatic carbocycles. The van der Waals surface area contributed by atoms with Crippen LogP contribution in [0.25, 0.3) is 11.0 Å². The second kappa shape index (κ2) is 7.01. The summed E-state index contributed by atoms with van der Waals surface area (Å²) in [5.74, 6) is 5.43. The number of aromatic amines is 1. The molecule has 2 heterocycles. The van der Waals surface area contributed by atoms with Crippen molar-refractivity contribution in [1.29, 1.82) is 0 Å². The van der Waals surface area contributed by atoms with E-state index in [-0.39, 0.29) is 11.3 Å². The third kappa shape index (κ3) is 3.02. The molecule has 0 amide bonds. The Morgan fingerprint density at radius 3 is 2.92 bits per heavy atom. The highest BCUT2D eigenvalue weighted by molar-refractivity contribution is 5.99. The molecule has 2 aromatic heterocycles. The van der Waals surface area contributed by atoms with Gasteiger partial charge >= 0.3 is 5.97 Å². The van der Waals surface area contributed by atoms with E-state index >= 15 is 0 Å². The fraction of sp³-hybridized carbons (Fsp3) is 0.222. The molecule has 0 bridgehead atoms. The number of nitrogens with one attached hydrogen (secondary N) is 1. The van der Waals surface area contributed by atoms with Gasteiger partial charge in [-0.15, -0.1) is 5.10 Å². The number of aromatic nitrogens is 4. The summed E-state index contributed by atoms with van der Waals surface area (Å²) in [5.41, 5.74) is 3.33. The van der Waals surface area contributed by atoms with Crippen LogP contribution in [0, 0.1) is 11.8 Å². The highest BCUT2D eigenvalue weighted by atomic mass is 16.5. The van der Waals surface area contributed by atoms with E-state index in [0.29, 0.717) is 30.5 Å². The maximum Gasteiger partial charge on any atom is 0.340 e. The van der Waals surface area contributed by atoms with Crippen molar-refractivity contribution in [3.8, 4) is 11.8 Å². The van der Waals surface area contributed by atoms with E-state index < -0.39 is 5.97 Å². The average molecular weight is 336 g/mol. The van der Waals surface area contributed by atoms with E-state index in [1.807, 2.05) is 31.2 Å². The van der Waals surface area contributed by atoms with Crippen LogP contribution in [0.4, 0.5) is 0 Å². The fourth-order valence-electron chi connectivity index (χ4n) is 2.68. The van der Waals surface area contributed by atoms with Crippen LogP contribution in [0.5, 0.6) is 0 Å². The first-order valence-corrected chi connectivity index (χ1v) is 7.75. The Morgan fingerprint density at radius 1 is 1.40 bits per heavy atom. The molecule has 1 aromatic carbocycles. The van der Waals surface area contributed by atoms with Crippen LogP contribution in [0.3, 0.4) is 0 Å². The van der Waals surface area contributed by atoms with E-state index in [1.165, 1.54) is 7.11 Å². The van der Waals surface area contributed by atoms with Crippen molar-refractivity contribution < 1.29 is 14.3 Å². The molecule has 0 fully saturated rings. The van der Waals surface area contributed by atoms with Gasteiger partial charge in [-0.05, 0) is 24.5 Å². The van der Waals surface area contributed by atoms with Gasteiger partial charge in [0, 0.05) is 5.56 Å². The minimum absolute atomic E-state index is 0.180. The standard InChI is InChI=1S/C18H16N4O3/c1-3-12-13(19-15(11-23)17(12)18(24)25-2)8-6-10-22-16-9-5-4-7-14(16)20-21-22/h4-5,7,9,11,19H,3,10H2,1-2H3. The number of benzene rings is 1. The zero-order chi connectivity index (χ0) is 17.8. The number of para-hydroxylation sites is 1. The molecule has 0 saturated carbocycles. The van der Waals surface area contributed by atoms with Gasteiger partial charge in [-0.3, -0.25) is 4.79 Å². The van der Waals surface area contributed by atoms with Crippen LogP contribution >= 0.6 is 0 Å². The predicted molar refractivity (Wildman–Crippen MR) is 91.3 cm³/mol. The Kier molecular flexibility index (Phi) is 4.61. The first-order valence-electron chi connectivity index (χ1n) is 7.75. The third-order valence-corrected chi connectivity index (χ3v) is 3.86. The van der Waals surface area contributed by atoms with Crippen molar-refractivity contribution >= 4 is 23.3 Å². The van der Waals surface area contributed by atoms with Gasteiger partial charge in [0.1, 0.15) is 12.1 Å².